The van der Waals surface area contributed by atoms with Crippen LogP contribution < -0.4 is 0 Å². The van der Waals surface area contributed by atoms with Gasteiger partial charge in [-0.25, -0.2) is 0 Å². The maximum Gasteiger partial charge on any atom is 0.155 e. The van der Waals surface area contributed by atoms with E-state index in [1.165, 1.54) is 32.1 Å². The molecule has 36 heavy (non-hydrogen) atoms. The number of ketones is 3. The summed E-state index contributed by atoms with van der Waals surface area (Å²) in [6, 6.07) is 0. The van der Waals surface area contributed by atoms with Gasteiger partial charge in [0.1, 0.15) is 11.6 Å². The summed E-state index contributed by atoms with van der Waals surface area (Å²) in [6.07, 6.45) is 14.7. The van der Waals surface area contributed by atoms with Crippen LogP contribution in [0.4, 0.5) is 0 Å². The summed E-state index contributed by atoms with van der Waals surface area (Å²) in [4.78, 5) is 32.7. The second-order valence-electron chi connectivity index (χ2n) is 12.0. The van der Waals surface area contributed by atoms with E-state index in [-0.39, 0.29) is 16.6 Å². The molecule has 1 atom stereocenters. The first-order chi connectivity index (χ1) is 16.5. The molecule has 1 unspecified atom stereocenters. The van der Waals surface area contributed by atoms with Crippen molar-refractivity contribution >= 4 is 17.3 Å². The van der Waals surface area contributed by atoms with Gasteiger partial charge in [-0.2, -0.15) is 0 Å². The van der Waals surface area contributed by atoms with E-state index < -0.39 is 0 Å². The fourth-order valence-corrected chi connectivity index (χ4v) is 4.20. The fraction of sp³-hybridized carbons (Fsp3) is 0.788. The van der Waals surface area contributed by atoms with Crippen molar-refractivity contribution < 1.29 is 14.4 Å². The highest BCUT2D eigenvalue weighted by Gasteiger charge is 2.30. The standard InChI is InChI=1S/C11H22O.2C9H16O.C4H8/c1-7-10(3,4)8-11(5,6)9(2)12;1-8(10)7-9-5-3-2-4-6-9;1-5-6-7(2)8(3)9(4)10;1-3-4-2/h7-8H2,1-6H3;9H,2-7H2,1H3;7H,3,5-6H2,1-2,4H3;3H,1,4H2,2H3. The molecule has 0 aromatic carbocycles. The number of Topliss-reactive ketones (excluding diaryl/α,β-unsaturated/α-hetero) is 3. The average Bonchev–Trinajstić information content (AvgIpc) is 2.79. The molecule has 1 aliphatic carbocycles. The number of allylic oxidation sites excluding steroid dienone is 2. The van der Waals surface area contributed by atoms with Gasteiger partial charge in [-0.1, -0.05) is 113 Å². The van der Waals surface area contributed by atoms with E-state index in [0.29, 0.717) is 17.5 Å². The highest BCUT2D eigenvalue weighted by atomic mass is 16.1. The summed E-state index contributed by atoms with van der Waals surface area (Å²) >= 11 is 0. The molecule has 0 amide bonds. The van der Waals surface area contributed by atoms with Gasteiger partial charge in [0.2, 0.25) is 0 Å². The predicted octanol–water partition coefficient (Wildman–Crippen LogP) is 10.1. The molecule has 0 bridgehead atoms. The minimum Gasteiger partial charge on any atom is -0.300 e. The van der Waals surface area contributed by atoms with E-state index in [4.69, 9.17) is 0 Å². The van der Waals surface area contributed by atoms with Crippen LogP contribution in [-0.4, -0.2) is 17.3 Å². The van der Waals surface area contributed by atoms with Crippen molar-refractivity contribution in [2.24, 2.45) is 22.7 Å². The third kappa shape index (κ3) is 22.9. The molecular weight excluding hydrogens is 444 g/mol. The third-order valence-corrected chi connectivity index (χ3v) is 7.19. The minimum atomic E-state index is -0.153. The quantitative estimate of drug-likeness (QED) is 0.207. The van der Waals surface area contributed by atoms with Crippen molar-refractivity contribution in [3.05, 3.63) is 24.8 Å². The molecule has 1 aliphatic rings. The summed E-state index contributed by atoms with van der Waals surface area (Å²) < 4.78 is 0. The van der Waals surface area contributed by atoms with Crippen LogP contribution in [0, 0.1) is 22.7 Å². The van der Waals surface area contributed by atoms with Crippen LogP contribution in [-0.2, 0) is 14.4 Å². The molecule has 0 spiro atoms. The Bertz CT molecular complexity index is 633. The smallest absolute Gasteiger partial charge is 0.155 e. The molecule has 1 fully saturated rings. The van der Waals surface area contributed by atoms with Gasteiger partial charge in [-0.3, -0.25) is 9.59 Å². The van der Waals surface area contributed by atoms with Crippen molar-refractivity contribution in [1.82, 2.24) is 0 Å². The lowest BCUT2D eigenvalue weighted by molar-refractivity contribution is -0.126. The Morgan fingerprint density at radius 3 is 1.72 bits per heavy atom. The molecule has 1 saturated carbocycles. The lowest BCUT2D eigenvalue weighted by Crippen LogP contribution is -2.28. The van der Waals surface area contributed by atoms with Crippen LogP contribution in [0.2, 0.25) is 0 Å². The number of hydrogen-bond donors (Lipinski definition) is 0. The Morgan fingerprint density at radius 1 is 0.944 bits per heavy atom. The van der Waals surface area contributed by atoms with Gasteiger partial charge in [-0.05, 0) is 62.9 Å². The van der Waals surface area contributed by atoms with E-state index >= 15 is 0 Å². The first kappa shape index (κ1) is 39.0. The van der Waals surface area contributed by atoms with Crippen molar-refractivity contribution in [2.75, 3.05) is 0 Å². The summed E-state index contributed by atoms with van der Waals surface area (Å²) in [7, 11) is 0. The molecular formula is C33H62O3. The first-order valence-corrected chi connectivity index (χ1v) is 14.3. The zero-order valence-corrected chi connectivity index (χ0v) is 26.1. The third-order valence-electron chi connectivity index (χ3n) is 7.19. The van der Waals surface area contributed by atoms with Gasteiger partial charge in [0.05, 0.1) is 0 Å². The molecule has 0 aromatic heterocycles. The van der Waals surface area contributed by atoms with E-state index in [9.17, 15) is 14.4 Å². The Hall–Kier alpha value is -1.51. The minimum absolute atomic E-state index is 0.126. The second-order valence-corrected chi connectivity index (χ2v) is 12.0. The molecule has 0 saturated heterocycles. The zero-order chi connectivity index (χ0) is 28.9. The first-order valence-electron chi connectivity index (χ1n) is 14.3. The monoisotopic (exact) mass is 506 g/mol. The molecule has 212 valence electrons. The molecule has 1 rings (SSSR count). The maximum absolute atomic E-state index is 11.3. The molecule has 3 heteroatoms. The van der Waals surface area contributed by atoms with E-state index in [1.807, 2.05) is 26.8 Å². The summed E-state index contributed by atoms with van der Waals surface area (Å²) in [6.45, 7) is 29.1. The molecule has 3 nitrogen and oxygen atoms in total. The highest BCUT2D eigenvalue weighted by molar-refractivity contribution is 5.92. The predicted molar refractivity (Wildman–Crippen MR) is 159 cm³/mol. The summed E-state index contributed by atoms with van der Waals surface area (Å²) in [5, 5.41) is 0. The van der Waals surface area contributed by atoms with Crippen LogP contribution >= 0.6 is 0 Å². The lowest BCUT2D eigenvalue weighted by Gasteiger charge is -2.32. The van der Waals surface area contributed by atoms with Crippen molar-refractivity contribution in [2.45, 2.75) is 147 Å². The molecule has 0 radical (unpaired) electrons. The van der Waals surface area contributed by atoms with Crippen LogP contribution in [0.25, 0.3) is 0 Å². The van der Waals surface area contributed by atoms with Gasteiger partial charge in [0, 0.05) is 11.8 Å². The average molecular weight is 507 g/mol. The van der Waals surface area contributed by atoms with Crippen LogP contribution in [0.5, 0.6) is 0 Å². The number of carbonyl (C=O) groups is 3. The number of rotatable bonds is 11. The number of hydrogen-bond acceptors (Lipinski definition) is 3. The molecule has 0 aromatic rings. The van der Waals surface area contributed by atoms with Crippen molar-refractivity contribution in [3.8, 4) is 0 Å². The topological polar surface area (TPSA) is 51.2 Å². The summed E-state index contributed by atoms with van der Waals surface area (Å²) in [5.74, 6) is 1.88. The molecule has 0 heterocycles. The van der Waals surface area contributed by atoms with Crippen LogP contribution in [0.3, 0.4) is 0 Å². The second kappa shape index (κ2) is 21.6. The zero-order valence-electron chi connectivity index (χ0n) is 26.1. The van der Waals surface area contributed by atoms with Gasteiger partial charge in [0.15, 0.2) is 5.78 Å². The van der Waals surface area contributed by atoms with E-state index in [2.05, 4.69) is 47.8 Å². The Kier molecular flexibility index (Phi) is 23.4. The van der Waals surface area contributed by atoms with Crippen LogP contribution in [0.1, 0.15) is 147 Å². The van der Waals surface area contributed by atoms with Gasteiger partial charge >= 0.3 is 0 Å². The normalized spacial score (nSPS) is 14.4. The molecule has 0 aliphatic heterocycles. The lowest BCUT2D eigenvalue weighted by atomic mass is 9.72. The Labute approximate surface area is 226 Å². The van der Waals surface area contributed by atoms with Crippen molar-refractivity contribution in [3.63, 3.8) is 0 Å². The maximum atomic E-state index is 11.3. The van der Waals surface area contributed by atoms with Gasteiger partial charge in [0.25, 0.3) is 0 Å². The van der Waals surface area contributed by atoms with E-state index in [0.717, 1.165) is 50.0 Å². The van der Waals surface area contributed by atoms with Crippen LogP contribution in [0.15, 0.2) is 24.8 Å². The highest BCUT2D eigenvalue weighted by Crippen LogP contribution is 2.36. The largest absolute Gasteiger partial charge is 0.300 e. The fourth-order valence-electron chi connectivity index (χ4n) is 4.20. The Morgan fingerprint density at radius 2 is 1.42 bits per heavy atom. The Balaban J connectivity index is -0.000000423. The van der Waals surface area contributed by atoms with Gasteiger partial charge < -0.3 is 4.79 Å². The van der Waals surface area contributed by atoms with Gasteiger partial charge in [-0.15, -0.1) is 6.58 Å². The van der Waals surface area contributed by atoms with Crippen molar-refractivity contribution in [1.29, 1.82) is 0 Å². The summed E-state index contributed by atoms with van der Waals surface area (Å²) in [5.41, 5.74) is 0.899. The molecule has 0 N–H and O–H groups in total. The number of carbonyl (C=O) groups excluding carboxylic acids is 3. The SMILES string of the molecule is C=C(C(C)=O)C(C)CCC.C=CCC.CC(=O)CC1CCCCC1.CCC(C)(C)CC(C)(C)C(C)=O. The van der Waals surface area contributed by atoms with E-state index in [1.54, 1.807) is 20.8 Å².